The normalized spacial score (nSPS) is 10.4. The molecule has 1 nitrogen and oxygen atoms in total. The van der Waals surface area contributed by atoms with Gasteiger partial charge in [-0.1, -0.05) is 17.7 Å². The van der Waals surface area contributed by atoms with Gasteiger partial charge in [0.2, 0.25) is 0 Å². The van der Waals surface area contributed by atoms with Crippen molar-refractivity contribution in [2.75, 3.05) is 5.32 Å². The monoisotopic (exact) mass is 331 g/mol. The average molecular weight is 333 g/mol. The fourth-order valence-electron chi connectivity index (χ4n) is 1.50. The van der Waals surface area contributed by atoms with Crippen LogP contribution >= 0.6 is 27.5 Å². The van der Waals surface area contributed by atoms with Gasteiger partial charge in [0, 0.05) is 22.3 Å². The molecule has 0 atom stereocenters. The summed E-state index contributed by atoms with van der Waals surface area (Å²) in [5, 5.41) is 3.52. The summed E-state index contributed by atoms with van der Waals surface area (Å²) in [7, 11) is 0. The number of hydrogen-bond donors (Lipinski definition) is 1. The van der Waals surface area contributed by atoms with Gasteiger partial charge in [-0.05, 0) is 46.3 Å². The molecule has 5 heteroatoms. The standard InChI is InChI=1S/C13H9BrClF2N/c14-10-6-8(4-5-11(10)15)18-7-9-12(16)2-1-3-13(9)17/h1-6,18H,7H2. The Morgan fingerprint density at radius 3 is 2.39 bits per heavy atom. The number of hydrogen-bond acceptors (Lipinski definition) is 1. The van der Waals surface area contributed by atoms with Crippen LogP contribution in [0.4, 0.5) is 14.5 Å². The van der Waals surface area contributed by atoms with Crippen molar-refractivity contribution in [3.05, 3.63) is 63.1 Å². The summed E-state index contributed by atoms with van der Waals surface area (Å²) in [5.74, 6) is -1.12. The fourth-order valence-corrected chi connectivity index (χ4v) is 1.99. The lowest BCUT2D eigenvalue weighted by molar-refractivity contribution is 0.560. The van der Waals surface area contributed by atoms with E-state index in [0.29, 0.717) is 5.02 Å². The highest BCUT2D eigenvalue weighted by molar-refractivity contribution is 9.10. The minimum absolute atomic E-state index is 0.0172. The largest absolute Gasteiger partial charge is 0.381 e. The Balaban J connectivity index is 2.14. The minimum Gasteiger partial charge on any atom is -0.381 e. The first-order valence-corrected chi connectivity index (χ1v) is 6.37. The Hall–Kier alpha value is -1.13. The van der Waals surface area contributed by atoms with Gasteiger partial charge in [0.25, 0.3) is 0 Å². The fraction of sp³-hybridized carbons (Fsp3) is 0.0769. The first kappa shape index (κ1) is 13.3. The zero-order valence-corrected chi connectivity index (χ0v) is 11.5. The van der Waals surface area contributed by atoms with Crippen molar-refractivity contribution in [2.45, 2.75) is 6.54 Å². The smallest absolute Gasteiger partial charge is 0.131 e. The molecule has 0 saturated carbocycles. The summed E-state index contributed by atoms with van der Waals surface area (Å²) < 4.78 is 27.5. The molecule has 0 aliphatic heterocycles. The maximum Gasteiger partial charge on any atom is 0.131 e. The Labute approximate surface area is 117 Å². The highest BCUT2D eigenvalue weighted by Crippen LogP contribution is 2.26. The SMILES string of the molecule is Fc1cccc(F)c1CNc1ccc(Cl)c(Br)c1. The van der Waals surface area contributed by atoms with Crippen LogP contribution < -0.4 is 5.32 Å². The molecule has 1 N–H and O–H groups in total. The third-order valence-electron chi connectivity index (χ3n) is 2.45. The Bertz CT molecular complexity index is 555. The van der Waals surface area contributed by atoms with Crippen molar-refractivity contribution in [3.8, 4) is 0 Å². The summed E-state index contributed by atoms with van der Waals surface area (Å²) in [6.07, 6.45) is 0. The van der Waals surface area contributed by atoms with Crippen LogP contribution in [0.1, 0.15) is 5.56 Å². The van der Waals surface area contributed by atoms with E-state index in [1.54, 1.807) is 18.2 Å². The van der Waals surface area contributed by atoms with Crippen LogP contribution in [0.5, 0.6) is 0 Å². The maximum atomic E-state index is 13.4. The molecule has 0 bridgehead atoms. The second-order valence-corrected chi connectivity index (χ2v) is 4.94. The van der Waals surface area contributed by atoms with Crippen molar-refractivity contribution >= 4 is 33.2 Å². The van der Waals surface area contributed by atoms with Gasteiger partial charge in [0.05, 0.1) is 5.02 Å². The first-order valence-electron chi connectivity index (χ1n) is 5.20. The van der Waals surface area contributed by atoms with Crippen LogP contribution in [0.3, 0.4) is 0 Å². The van der Waals surface area contributed by atoms with Crippen LogP contribution in [0.2, 0.25) is 5.02 Å². The van der Waals surface area contributed by atoms with Gasteiger partial charge in [0.15, 0.2) is 0 Å². The molecule has 2 aromatic rings. The van der Waals surface area contributed by atoms with Crippen molar-refractivity contribution < 1.29 is 8.78 Å². The van der Waals surface area contributed by atoms with Gasteiger partial charge in [0.1, 0.15) is 11.6 Å². The van der Waals surface area contributed by atoms with Gasteiger partial charge >= 0.3 is 0 Å². The number of benzene rings is 2. The molecule has 0 saturated heterocycles. The predicted octanol–water partition coefficient (Wildman–Crippen LogP) is 4.99. The van der Waals surface area contributed by atoms with E-state index in [0.717, 1.165) is 10.2 Å². The highest BCUT2D eigenvalue weighted by atomic mass is 79.9. The van der Waals surface area contributed by atoms with Gasteiger partial charge in [-0.2, -0.15) is 0 Å². The molecule has 0 aromatic heterocycles. The summed E-state index contributed by atoms with van der Waals surface area (Å²) in [6.45, 7) is 0.0760. The predicted molar refractivity (Wildman–Crippen MR) is 72.8 cm³/mol. The Morgan fingerprint density at radius 1 is 1.11 bits per heavy atom. The summed E-state index contributed by atoms with van der Waals surface area (Å²) in [5.41, 5.74) is 0.748. The van der Waals surface area contributed by atoms with E-state index >= 15 is 0 Å². The van der Waals surface area contributed by atoms with Crippen molar-refractivity contribution in [1.29, 1.82) is 0 Å². The average Bonchev–Trinajstić information content (AvgIpc) is 2.33. The van der Waals surface area contributed by atoms with Crippen molar-refractivity contribution in [3.63, 3.8) is 0 Å². The molecular formula is C13H9BrClF2N. The zero-order valence-electron chi connectivity index (χ0n) is 9.18. The van der Waals surface area contributed by atoms with Crippen LogP contribution in [-0.4, -0.2) is 0 Å². The number of rotatable bonds is 3. The molecule has 0 heterocycles. The first-order chi connectivity index (χ1) is 8.58. The summed E-state index contributed by atoms with van der Waals surface area (Å²) >= 11 is 9.13. The lowest BCUT2D eigenvalue weighted by Gasteiger charge is -2.09. The summed E-state index contributed by atoms with van der Waals surface area (Å²) in [4.78, 5) is 0. The summed E-state index contributed by atoms with van der Waals surface area (Å²) in [6, 6.07) is 9.00. The number of halogens is 4. The molecular weight excluding hydrogens is 324 g/mol. The van der Waals surface area contributed by atoms with E-state index < -0.39 is 11.6 Å². The van der Waals surface area contributed by atoms with Gasteiger partial charge in [-0.3, -0.25) is 0 Å². The molecule has 0 amide bonds. The molecule has 0 aliphatic rings. The maximum absolute atomic E-state index is 13.4. The molecule has 0 aliphatic carbocycles. The van der Waals surface area contributed by atoms with Gasteiger partial charge in [-0.25, -0.2) is 8.78 Å². The van der Waals surface area contributed by atoms with E-state index in [4.69, 9.17) is 11.6 Å². The van der Waals surface area contributed by atoms with Crippen molar-refractivity contribution in [2.24, 2.45) is 0 Å². The van der Waals surface area contributed by atoms with Crippen LogP contribution in [0.15, 0.2) is 40.9 Å². The third kappa shape index (κ3) is 3.00. The molecule has 94 valence electrons. The quantitative estimate of drug-likeness (QED) is 0.834. The van der Waals surface area contributed by atoms with Crippen LogP contribution in [0, 0.1) is 11.6 Å². The Morgan fingerprint density at radius 2 is 1.78 bits per heavy atom. The number of nitrogens with one attached hydrogen (secondary N) is 1. The van der Waals surface area contributed by atoms with Crippen molar-refractivity contribution in [1.82, 2.24) is 0 Å². The van der Waals surface area contributed by atoms with E-state index in [2.05, 4.69) is 21.2 Å². The minimum atomic E-state index is -0.560. The molecule has 2 rings (SSSR count). The molecule has 0 radical (unpaired) electrons. The van der Waals surface area contributed by atoms with E-state index in [1.165, 1.54) is 18.2 Å². The Kier molecular flexibility index (Phi) is 4.19. The number of anilines is 1. The molecule has 0 spiro atoms. The van der Waals surface area contributed by atoms with Gasteiger partial charge < -0.3 is 5.32 Å². The lowest BCUT2D eigenvalue weighted by Crippen LogP contribution is -2.04. The molecule has 18 heavy (non-hydrogen) atoms. The zero-order chi connectivity index (χ0) is 13.1. The molecule has 0 unspecified atom stereocenters. The second kappa shape index (κ2) is 5.67. The second-order valence-electron chi connectivity index (χ2n) is 3.68. The topological polar surface area (TPSA) is 12.0 Å². The highest BCUT2D eigenvalue weighted by Gasteiger charge is 2.08. The lowest BCUT2D eigenvalue weighted by atomic mass is 10.2. The molecule has 2 aromatic carbocycles. The van der Waals surface area contributed by atoms with E-state index in [-0.39, 0.29) is 12.1 Å². The van der Waals surface area contributed by atoms with Crippen LogP contribution in [0.25, 0.3) is 0 Å². The van der Waals surface area contributed by atoms with E-state index in [9.17, 15) is 8.78 Å². The molecule has 0 fully saturated rings. The third-order valence-corrected chi connectivity index (χ3v) is 3.66. The van der Waals surface area contributed by atoms with Gasteiger partial charge in [-0.15, -0.1) is 0 Å². The van der Waals surface area contributed by atoms with Crippen LogP contribution in [-0.2, 0) is 6.54 Å². The van der Waals surface area contributed by atoms with E-state index in [1.807, 2.05) is 0 Å².